The summed E-state index contributed by atoms with van der Waals surface area (Å²) in [6.07, 6.45) is 0. The number of rotatable bonds is 4. The van der Waals surface area contributed by atoms with Crippen molar-refractivity contribution in [3.63, 3.8) is 0 Å². The van der Waals surface area contributed by atoms with E-state index in [9.17, 15) is 9.59 Å². The lowest BCUT2D eigenvalue weighted by Gasteiger charge is -2.13. The molecule has 1 N–H and O–H groups in total. The molecule has 128 valence electrons. The van der Waals surface area contributed by atoms with Crippen molar-refractivity contribution < 1.29 is 14.3 Å². The van der Waals surface area contributed by atoms with E-state index in [1.54, 1.807) is 24.3 Å². The van der Waals surface area contributed by atoms with E-state index in [1.807, 2.05) is 37.2 Å². The van der Waals surface area contributed by atoms with Crippen LogP contribution in [0.5, 0.6) is 0 Å². The van der Waals surface area contributed by atoms with E-state index in [4.69, 9.17) is 4.74 Å². The van der Waals surface area contributed by atoms with Crippen LogP contribution in [0.25, 0.3) is 10.2 Å². The Morgan fingerprint density at radius 2 is 1.92 bits per heavy atom. The molecule has 0 spiro atoms. The second kappa shape index (κ2) is 6.90. The van der Waals surface area contributed by atoms with Crippen molar-refractivity contribution in [3.05, 3.63) is 53.6 Å². The van der Waals surface area contributed by atoms with Crippen LogP contribution in [-0.2, 0) is 4.74 Å². The lowest BCUT2D eigenvalue weighted by atomic mass is 10.2. The van der Waals surface area contributed by atoms with E-state index in [2.05, 4.69) is 10.3 Å². The molecule has 25 heavy (non-hydrogen) atoms. The summed E-state index contributed by atoms with van der Waals surface area (Å²) in [6, 6.07) is 12.4. The molecule has 0 unspecified atom stereocenters. The quantitative estimate of drug-likeness (QED) is 0.726. The number of nitrogens with one attached hydrogen (secondary N) is 1. The lowest BCUT2D eigenvalue weighted by molar-refractivity contribution is 0.0601. The number of amides is 1. The highest BCUT2D eigenvalue weighted by Gasteiger charge is 2.13. The molecule has 0 bridgehead atoms. The van der Waals surface area contributed by atoms with E-state index < -0.39 is 5.97 Å². The third kappa shape index (κ3) is 3.61. The average Bonchev–Trinajstić information content (AvgIpc) is 3.02. The average molecular weight is 355 g/mol. The minimum Gasteiger partial charge on any atom is -0.465 e. The van der Waals surface area contributed by atoms with Crippen LogP contribution in [0.15, 0.2) is 42.5 Å². The van der Waals surface area contributed by atoms with E-state index in [0.29, 0.717) is 16.3 Å². The molecular formula is C18H17N3O3S. The van der Waals surface area contributed by atoms with Crippen LogP contribution in [0.3, 0.4) is 0 Å². The number of anilines is 2. The number of carbonyl (C=O) groups is 2. The van der Waals surface area contributed by atoms with Crippen molar-refractivity contribution >= 4 is 44.2 Å². The number of carbonyl (C=O) groups excluding carboxylic acids is 2. The fourth-order valence-electron chi connectivity index (χ4n) is 2.32. The van der Waals surface area contributed by atoms with E-state index in [0.717, 1.165) is 15.9 Å². The van der Waals surface area contributed by atoms with Gasteiger partial charge in [0.25, 0.3) is 5.91 Å². The largest absolute Gasteiger partial charge is 0.465 e. The molecule has 3 aromatic rings. The van der Waals surface area contributed by atoms with Crippen molar-refractivity contribution in [2.45, 2.75) is 0 Å². The highest BCUT2D eigenvalue weighted by Crippen LogP contribution is 2.27. The third-order valence-electron chi connectivity index (χ3n) is 3.65. The molecule has 1 amide bonds. The van der Waals surface area contributed by atoms with Crippen LogP contribution >= 0.6 is 11.3 Å². The maximum atomic E-state index is 12.5. The predicted octanol–water partition coefficient (Wildman–Crippen LogP) is 3.40. The van der Waals surface area contributed by atoms with E-state index in [-0.39, 0.29) is 5.91 Å². The molecule has 0 saturated heterocycles. The minimum absolute atomic E-state index is 0.226. The maximum absolute atomic E-state index is 12.5. The monoisotopic (exact) mass is 355 g/mol. The first-order valence-corrected chi connectivity index (χ1v) is 8.37. The minimum atomic E-state index is -0.401. The van der Waals surface area contributed by atoms with Crippen LogP contribution in [0, 0.1) is 0 Å². The summed E-state index contributed by atoms with van der Waals surface area (Å²) in [5.74, 6) is -0.627. The van der Waals surface area contributed by atoms with Gasteiger partial charge in [0.1, 0.15) is 0 Å². The Morgan fingerprint density at radius 1 is 1.12 bits per heavy atom. The Labute approximate surface area is 149 Å². The molecule has 0 radical (unpaired) electrons. The predicted molar refractivity (Wildman–Crippen MR) is 99.7 cm³/mol. The number of ether oxygens (including phenoxy) is 1. The summed E-state index contributed by atoms with van der Waals surface area (Å²) in [4.78, 5) is 30.4. The molecular weight excluding hydrogens is 338 g/mol. The second-order valence-corrected chi connectivity index (χ2v) is 6.62. The number of methoxy groups -OCH3 is 1. The van der Waals surface area contributed by atoms with E-state index in [1.165, 1.54) is 18.4 Å². The van der Waals surface area contributed by atoms with Crippen molar-refractivity contribution in [1.82, 2.24) is 4.98 Å². The first-order valence-electron chi connectivity index (χ1n) is 7.55. The van der Waals surface area contributed by atoms with Gasteiger partial charge in [-0.1, -0.05) is 17.4 Å². The van der Waals surface area contributed by atoms with Crippen molar-refractivity contribution in [1.29, 1.82) is 0 Å². The topological polar surface area (TPSA) is 71.5 Å². The molecule has 0 atom stereocenters. The van der Waals surface area contributed by atoms with Crippen LogP contribution in [-0.4, -0.2) is 38.1 Å². The van der Waals surface area contributed by atoms with Crippen LogP contribution in [0.4, 0.5) is 10.8 Å². The Hall–Kier alpha value is -2.93. The number of nitrogens with zero attached hydrogens (tertiary/aromatic N) is 2. The first kappa shape index (κ1) is 16.9. The van der Waals surface area contributed by atoms with Gasteiger partial charge in [-0.2, -0.15) is 0 Å². The van der Waals surface area contributed by atoms with Gasteiger partial charge in [0.2, 0.25) is 0 Å². The molecule has 0 saturated carbocycles. The third-order valence-corrected chi connectivity index (χ3v) is 4.59. The summed E-state index contributed by atoms with van der Waals surface area (Å²) >= 11 is 1.31. The summed E-state index contributed by atoms with van der Waals surface area (Å²) < 4.78 is 5.52. The van der Waals surface area contributed by atoms with Gasteiger partial charge in [-0.3, -0.25) is 10.1 Å². The molecule has 7 heteroatoms. The number of hydrogen-bond acceptors (Lipinski definition) is 6. The fraction of sp³-hybridized carbons (Fsp3) is 0.167. The van der Waals surface area contributed by atoms with Gasteiger partial charge >= 0.3 is 5.97 Å². The Balaban J connectivity index is 1.84. The zero-order chi connectivity index (χ0) is 18.0. The number of fused-ring (bicyclic) bond motifs is 1. The van der Waals surface area contributed by atoms with Crippen molar-refractivity contribution in [2.75, 3.05) is 31.4 Å². The molecule has 0 fully saturated rings. The summed E-state index contributed by atoms with van der Waals surface area (Å²) in [7, 11) is 5.18. The van der Waals surface area contributed by atoms with Crippen molar-refractivity contribution in [3.8, 4) is 0 Å². The molecule has 3 rings (SSSR count). The fourth-order valence-corrected chi connectivity index (χ4v) is 3.22. The number of benzene rings is 2. The molecule has 0 aliphatic heterocycles. The van der Waals surface area contributed by atoms with Crippen LogP contribution in [0.2, 0.25) is 0 Å². The Kier molecular flexibility index (Phi) is 4.67. The molecule has 6 nitrogen and oxygen atoms in total. The van der Waals surface area contributed by atoms with Gasteiger partial charge in [0, 0.05) is 25.3 Å². The van der Waals surface area contributed by atoms with Gasteiger partial charge in [-0.05, 0) is 36.4 Å². The zero-order valence-electron chi connectivity index (χ0n) is 14.1. The summed E-state index contributed by atoms with van der Waals surface area (Å²) in [5, 5.41) is 3.29. The Morgan fingerprint density at radius 3 is 2.64 bits per heavy atom. The highest BCUT2D eigenvalue weighted by atomic mass is 32.1. The molecule has 0 aliphatic carbocycles. The summed E-state index contributed by atoms with van der Waals surface area (Å²) in [5.41, 5.74) is 2.67. The number of hydrogen-bond donors (Lipinski definition) is 1. The van der Waals surface area contributed by atoms with Gasteiger partial charge in [0.15, 0.2) is 5.13 Å². The number of aromatic nitrogens is 1. The van der Waals surface area contributed by atoms with Crippen molar-refractivity contribution in [2.24, 2.45) is 0 Å². The smallest absolute Gasteiger partial charge is 0.337 e. The standard InChI is InChI=1S/C18H17N3O3S/c1-21(2)13-6-4-5-11(9-13)16(22)20-18-19-14-8-7-12(17(23)24-3)10-15(14)25-18/h4-10H,1-3H3,(H,19,20,22). The Bertz CT molecular complexity index is 950. The molecule has 1 heterocycles. The number of esters is 1. The lowest BCUT2D eigenvalue weighted by Crippen LogP contribution is -2.14. The van der Waals surface area contributed by atoms with Gasteiger partial charge in [-0.15, -0.1) is 0 Å². The van der Waals surface area contributed by atoms with Gasteiger partial charge in [0.05, 0.1) is 22.9 Å². The SMILES string of the molecule is COC(=O)c1ccc2nc(NC(=O)c3cccc(N(C)C)c3)sc2c1. The highest BCUT2D eigenvalue weighted by molar-refractivity contribution is 7.22. The summed E-state index contributed by atoms with van der Waals surface area (Å²) in [6.45, 7) is 0. The maximum Gasteiger partial charge on any atom is 0.337 e. The normalized spacial score (nSPS) is 10.5. The molecule has 1 aromatic heterocycles. The van der Waals surface area contributed by atoms with Crippen LogP contribution < -0.4 is 10.2 Å². The first-order chi connectivity index (χ1) is 12.0. The number of thiazole rings is 1. The van der Waals surface area contributed by atoms with Gasteiger partial charge in [-0.25, -0.2) is 9.78 Å². The zero-order valence-corrected chi connectivity index (χ0v) is 14.9. The molecule has 2 aromatic carbocycles. The molecule has 0 aliphatic rings. The second-order valence-electron chi connectivity index (χ2n) is 5.59. The van der Waals surface area contributed by atoms with Crippen LogP contribution in [0.1, 0.15) is 20.7 Å². The van der Waals surface area contributed by atoms with E-state index >= 15 is 0 Å². The van der Waals surface area contributed by atoms with Gasteiger partial charge < -0.3 is 9.64 Å².